The average Bonchev–Trinajstić information content (AvgIpc) is 2.47. The van der Waals surface area contributed by atoms with E-state index in [-0.39, 0.29) is 0 Å². The van der Waals surface area contributed by atoms with Crippen molar-refractivity contribution in [1.29, 1.82) is 0 Å². The van der Waals surface area contributed by atoms with Crippen molar-refractivity contribution in [3.05, 3.63) is 54.7 Å². The fourth-order valence-electron chi connectivity index (χ4n) is 2.03. The third-order valence-corrected chi connectivity index (χ3v) is 2.85. The molecule has 0 fully saturated rings. The number of nitrogen functional groups attached to an aromatic ring is 1. The summed E-state index contributed by atoms with van der Waals surface area (Å²) in [5, 5.41) is 2.36. The van der Waals surface area contributed by atoms with Gasteiger partial charge < -0.3 is 0 Å². The molecule has 0 radical (unpaired) electrons. The molecule has 0 unspecified atom stereocenters. The highest BCUT2D eigenvalue weighted by Crippen LogP contribution is 2.27. The van der Waals surface area contributed by atoms with Gasteiger partial charge in [0.25, 0.3) is 0 Å². The quantitative estimate of drug-likeness (QED) is 0.530. The fourth-order valence-corrected chi connectivity index (χ4v) is 2.03. The summed E-state index contributed by atoms with van der Waals surface area (Å²) in [7, 11) is 0. The van der Waals surface area contributed by atoms with E-state index in [1.165, 1.54) is 10.8 Å². The molecule has 0 amide bonds. The molecule has 0 aliphatic carbocycles. The summed E-state index contributed by atoms with van der Waals surface area (Å²) in [6.45, 7) is 0. The zero-order valence-electron chi connectivity index (χ0n) is 9.67. The van der Waals surface area contributed by atoms with Crippen molar-refractivity contribution in [3.8, 4) is 11.3 Å². The molecular formula is C14H12N4. The molecule has 4 nitrogen and oxygen atoms in total. The highest BCUT2D eigenvalue weighted by molar-refractivity contribution is 5.95. The van der Waals surface area contributed by atoms with Gasteiger partial charge in [-0.05, 0) is 16.8 Å². The molecule has 3 N–H and O–H groups in total. The fraction of sp³-hybridized carbons (Fsp3) is 0. The standard InChI is InChI=1S/C14H12N4/c15-18-14-16-9-8-13(17-14)12-7-3-5-10-4-1-2-6-11(10)12/h1-9H,15H2,(H,16,17,18). The van der Waals surface area contributed by atoms with Gasteiger partial charge in [-0.2, -0.15) is 0 Å². The second-order valence-electron chi connectivity index (χ2n) is 3.94. The lowest BCUT2D eigenvalue weighted by Crippen LogP contribution is -2.10. The molecule has 3 rings (SSSR count). The van der Waals surface area contributed by atoms with Crippen LogP contribution in [0.4, 0.5) is 5.95 Å². The Morgan fingerprint density at radius 2 is 1.78 bits per heavy atom. The molecule has 0 aliphatic rings. The first-order chi connectivity index (χ1) is 8.88. The van der Waals surface area contributed by atoms with Crippen LogP contribution in [0.1, 0.15) is 0 Å². The van der Waals surface area contributed by atoms with Crippen LogP contribution >= 0.6 is 0 Å². The Hall–Kier alpha value is -2.46. The second kappa shape index (κ2) is 4.43. The maximum absolute atomic E-state index is 5.33. The van der Waals surface area contributed by atoms with Gasteiger partial charge in [-0.3, -0.25) is 5.43 Å². The Morgan fingerprint density at radius 3 is 2.67 bits per heavy atom. The van der Waals surface area contributed by atoms with Gasteiger partial charge in [0.05, 0.1) is 5.69 Å². The van der Waals surface area contributed by atoms with Crippen molar-refractivity contribution in [2.75, 3.05) is 5.43 Å². The Labute approximate surface area is 104 Å². The number of anilines is 1. The van der Waals surface area contributed by atoms with Crippen LogP contribution in [-0.4, -0.2) is 9.97 Å². The van der Waals surface area contributed by atoms with Crippen molar-refractivity contribution in [3.63, 3.8) is 0 Å². The molecule has 4 heteroatoms. The molecule has 0 saturated carbocycles. The van der Waals surface area contributed by atoms with E-state index < -0.39 is 0 Å². The number of aromatic nitrogens is 2. The van der Waals surface area contributed by atoms with Crippen molar-refractivity contribution in [2.45, 2.75) is 0 Å². The van der Waals surface area contributed by atoms with Crippen LogP contribution in [0, 0.1) is 0 Å². The number of benzene rings is 2. The summed E-state index contributed by atoms with van der Waals surface area (Å²) in [5.41, 5.74) is 4.40. The van der Waals surface area contributed by atoms with Crippen LogP contribution in [0.3, 0.4) is 0 Å². The summed E-state index contributed by atoms with van der Waals surface area (Å²) in [5.74, 6) is 5.75. The molecule has 0 bridgehead atoms. The number of hydrazine groups is 1. The maximum Gasteiger partial charge on any atom is 0.237 e. The van der Waals surface area contributed by atoms with Gasteiger partial charge in [0.15, 0.2) is 0 Å². The van der Waals surface area contributed by atoms with Crippen molar-refractivity contribution >= 4 is 16.7 Å². The molecule has 1 aromatic heterocycles. The van der Waals surface area contributed by atoms with Gasteiger partial charge in [0.2, 0.25) is 5.95 Å². The number of nitrogens with one attached hydrogen (secondary N) is 1. The first-order valence-corrected chi connectivity index (χ1v) is 5.66. The van der Waals surface area contributed by atoms with E-state index in [0.717, 1.165) is 11.3 Å². The van der Waals surface area contributed by atoms with Gasteiger partial charge in [0.1, 0.15) is 0 Å². The van der Waals surface area contributed by atoms with Crippen LogP contribution in [-0.2, 0) is 0 Å². The predicted molar refractivity (Wildman–Crippen MR) is 72.8 cm³/mol. The minimum atomic E-state index is 0.417. The first-order valence-electron chi connectivity index (χ1n) is 5.66. The molecule has 0 aliphatic heterocycles. The summed E-state index contributed by atoms with van der Waals surface area (Å²) in [6, 6.07) is 16.3. The molecular weight excluding hydrogens is 224 g/mol. The number of rotatable bonds is 2. The number of hydrogen-bond donors (Lipinski definition) is 2. The SMILES string of the molecule is NNc1nccc(-c2cccc3ccccc23)n1. The van der Waals surface area contributed by atoms with Crippen molar-refractivity contribution in [2.24, 2.45) is 5.84 Å². The molecule has 88 valence electrons. The van der Waals surface area contributed by atoms with E-state index in [1.807, 2.05) is 30.3 Å². The second-order valence-corrected chi connectivity index (χ2v) is 3.94. The number of fused-ring (bicyclic) bond motifs is 1. The van der Waals surface area contributed by atoms with E-state index >= 15 is 0 Å². The van der Waals surface area contributed by atoms with E-state index in [0.29, 0.717) is 5.95 Å². The number of nitrogens with zero attached hydrogens (tertiary/aromatic N) is 2. The van der Waals surface area contributed by atoms with Gasteiger partial charge in [-0.15, -0.1) is 0 Å². The van der Waals surface area contributed by atoms with Crippen LogP contribution < -0.4 is 11.3 Å². The Balaban J connectivity index is 2.24. The van der Waals surface area contributed by atoms with Gasteiger partial charge in [-0.1, -0.05) is 42.5 Å². The lowest BCUT2D eigenvalue weighted by molar-refractivity contribution is 1.12. The van der Waals surface area contributed by atoms with E-state index in [9.17, 15) is 0 Å². The van der Waals surface area contributed by atoms with Crippen LogP contribution in [0.2, 0.25) is 0 Å². The smallest absolute Gasteiger partial charge is 0.237 e. The van der Waals surface area contributed by atoms with Crippen LogP contribution in [0.15, 0.2) is 54.7 Å². The third-order valence-electron chi connectivity index (χ3n) is 2.85. The third kappa shape index (κ3) is 1.78. The van der Waals surface area contributed by atoms with E-state index in [2.05, 4.69) is 33.6 Å². The number of nitrogens with two attached hydrogens (primary N) is 1. The maximum atomic E-state index is 5.33. The van der Waals surface area contributed by atoms with E-state index in [1.54, 1.807) is 6.20 Å². The Kier molecular flexibility index (Phi) is 2.63. The van der Waals surface area contributed by atoms with Crippen LogP contribution in [0.25, 0.3) is 22.0 Å². The lowest BCUT2D eigenvalue weighted by Gasteiger charge is -2.06. The zero-order chi connectivity index (χ0) is 12.4. The van der Waals surface area contributed by atoms with Gasteiger partial charge in [0, 0.05) is 11.8 Å². The molecule has 3 aromatic rings. The lowest BCUT2D eigenvalue weighted by atomic mass is 10.0. The largest absolute Gasteiger partial charge is 0.292 e. The molecule has 18 heavy (non-hydrogen) atoms. The van der Waals surface area contributed by atoms with Gasteiger partial charge >= 0.3 is 0 Å². The van der Waals surface area contributed by atoms with Gasteiger partial charge in [-0.25, -0.2) is 15.8 Å². The highest BCUT2D eigenvalue weighted by Gasteiger charge is 2.05. The summed E-state index contributed by atoms with van der Waals surface area (Å²) in [4.78, 5) is 8.38. The molecule has 0 saturated heterocycles. The molecule has 2 aromatic carbocycles. The summed E-state index contributed by atoms with van der Waals surface area (Å²) in [6.07, 6.45) is 1.69. The predicted octanol–water partition coefficient (Wildman–Crippen LogP) is 2.58. The molecule has 0 atom stereocenters. The van der Waals surface area contributed by atoms with E-state index in [4.69, 9.17) is 5.84 Å². The normalized spacial score (nSPS) is 10.5. The highest BCUT2D eigenvalue weighted by atomic mass is 15.3. The zero-order valence-corrected chi connectivity index (χ0v) is 9.67. The summed E-state index contributed by atoms with van der Waals surface area (Å²) < 4.78 is 0. The average molecular weight is 236 g/mol. The molecule has 0 spiro atoms. The number of hydrogen-bond acceptors (Lipinski definition) is 4. The minimum Gasteiger partial charge on any atom is -0.292 e. The monoisotopic (exact) mass is 236 g/mol. The first kappa shape index (κ1) is 10.7. The topological polar surface area (TPSA) is 63.8 Å². The van der Waals surface area contributed by atoms with Crippen molar-refractivity contribution in [1.82, 2.24) is 9.97 Å². The molecule has 1 heterocycles. The minimum absolute atomic E-state index is 0.417. The summed E-state index contributed by atoms with van der Waals surface area (Å²) >= 11 is 0. The Morgan fingerprint density at radius 1 is 0.944 bits per heavy atom. The van der Waals surface area contributed by atoms with Crippen molar-refractivity contribution < 1.29 is 0 Å². The van der Waals surface area contributed by atoms with Crippen LogP contribution in [0.5, 0.6) is 0 Å². The Bertz CT molecular complexity index is 689.